The van der Waals surface area contributed by atoms with Crippen molar-refractivity contribution < 1.29 is 14.6 Å². The van der Waals surface area contributed by atoms with Crippen LogP contribution in [-0.4, -0.2) is 67.4 Å². The molecule has 0 aliphatic carbocycles. The fraction of sp³-hybridized carbons (Fsp3) is 0.241. The summed E-state index contributed by atoms with van der Waals surface area (Å²) in [6.07, 6.45) is 5.62. The average Bonchev–Trinajstić information content (AvgIpc) is 3.55. The van der Waals surface area contributed by atoms with Gasteiger partial charge in [0.05, 0.1) is 17.9 Å². The van der Waals surface area contributed by atoms with Gasteiger partial charge in [-0.2, -0.15) is 0 Å². The molecule has 0 amide bonds. The number of imidazole rings is 1. The maximum absolute atomic E-state index is 12.6. The Morgan fingerprint density at radius 2 is 2.05 bits per heavy atom. The van der Waals surface area contributed by atoms with Crippen molar-refractivity contribution in [2.75, 3.05) is 31.6 Å². The molecule has 5 aromatic rings. The number of nitrogens with one attached hydrogen (secondary N) is 1. The molecule has 0 unspecified atom stereocenters. The number of anilines is 1. The van der Waals surface area contributed by atoms with E-state index in [9.17, 15) is 9.90 Å². The second-order valence-electron chi connectivity index (χ2n) is 9.68. The van der Waals surface area contributed by atoms with Gasteiger partial charge >= 0.3 is 0 Å². The Kier molecular flexibility index (Phi) is 7.63. The van der Waals surface area contributed by atoms with Gasteiger partial charge in [-0.25, -0.2) is 15.0 Å². The van der Waals surface area contributed by atoms with Crippen molar-refractivity contribution in [1.82, 2.24) is 24.3 Å². The van der Waals surface area contributed by atoms with Crippen LogP contribution in [0.2, 0.25) is 5.02 Å². The highest BCUT2D eigenvalue weighted by Crippen LogP contribution is 2.34. The number of phenolic OH excluding ortho intramolecular Hbond substituents is 1. The molecule has 0 spiro atoms. The Balaban J connectivity index is 1.14. The van der Waals surface area contributed by atoms with Gasteiger partial charge in [0.25, 0.3) is 0 Å². The molecule has 40 heavy (non-hydrogen) atoms. The van der Waals surface area contributed by atoms with Crippen molar-refractivity contribution in [3.63, 3.8) is 0 Å². The van der Waals surface area contributed by atoms with Crippen LogP contribution in [-0.2, 0) is 4.79 Å². The maximum Gasteiger partial charge on any atom is 0.223 e. The Morgan fingerprint density at radius 1 is 1.18 bits per heavy atom. The molecule has 9 nitrogen and oxygen atoms in total. The molecule has 0 radical (unpaired) electrons. The van der Waals surface area contributed by atoms with Gasteiger partial charge in [0.15, 0.2) is 10.7 Å². The second kappa shape index (κ2) is 11.6. The van der Waals surface area contributed by atoms with Crippen molar-refractivity contribution in [3.05, 3.63) is 77.4 Å². The molecule has 2 aromatic carbocycles. The van der Waals surface area contributed by atoms with Crippen LogP contribution in [0.25, 0.3) is 27.6 Å². The van der Waals surface area contributed by atoms with Crippen LogP contribution in [0, 0.1) is 0 Å². The largest absolute Gasteiger partial charge is 0.508 e. The standard InChI is InChI=1S/C29H27ClN6O3S/c30-20-6-8-24(9-7-20)39-18-23(38)17-35-12-2-4-21(16-35)32-28-31-11-10-25(33-28)27-26(19-3-1-5-22(37)15-19)34-29-36(27)13-14-40-29/h1,3,5-11,13-15,21,37H,2,4,12,16-18H2,(H,31,32,33)/t21-/m1/s1. The minimum Gasteiger partial charge on any atom is -0.508 e. The highest BCUT2D eigenvalue weighted by molar-refractivity contribution is 7.15. The fourth-order valence-electron chi connectivity index (χ4n) is 4.93. The number of aromatic nitrogens is 4. The third kappa shape index (κ3) is 5.94. The molecule has 1 saturated heterocycles. The normalized spacial score (nSPS) is 15.8. The van der Waals surface area contributed by atoms with Gasteiger partial charge in [0.1, 0.15) is 23.8 Å². The van der Waals surface area contributed by atoms with Crippen molar-refractivity contribution in [1.29, 1.82) is 0 Å². The molecule has 6 rings (SSSR count). The number of aromatic hydroxyl groups is 1. The van der Waals surface area contributed by atoms with Crippen LogP contribution in [0.5, 0.6) is 11.5 Å². The van der Waals surface area contributed by atoms with Gasteiger partial charge in [-0.15, -0.1) is 11.3 Å². The summed E-state index contributed by atoms with van der Waals surface area (Å²) in [4.78, 5) is 29.7. The Labute approximate surface area is 240 Å². The number of benzene rings is 2. The van der Waals surface area contributed by atoms with Crippen LogP contribution in [0.15, 0.2) is 72.4 Å². The number of ketones is 1. The van der Waals surface area contributed by atoms with Gasteiger partial charge in [-0.05, 0) is 61.9 Å². The minimum absolute atomic E-state index is 0.0192. The van der Waals surface area contributed by atoms with Gasteiger partial charge in [-0.1, -0.05) is 23.7 Å². The van der Waals surface area contributed by atoms with Crippen molar-refractivity contribution in [2.45, 2.75) is 18.9 Å². The number of thiazole rings is 1. The predicted octanol–water partition coefficient (Wildman–Crippen LogP) is 5.40. The van der Waals surface area contributed by atoms with Crippen LogP contribution >= 0.6 is 22.9 Å². The number of phenols is 1. The lowest BCUT2D eigenvalue weighted by Crippen LogP contribution is -2.45. The van der Waals surface area contributed by atoms with Crippen molar-refractivity contribution >= 4 is 39.6 Å². The van der Waals surface area contributed by atoms with Crippen LogP contribution in [0.1, 0.15) is 12.8 Å². The molecule has 1 fully saturated rings. The molecule has 1 aliphatic heterocycles. The number of ether oxygens (including phenoxy) is 1. The van der Waals surface area contributed by atoms with E-state index in [0.717, 1.165) is 47.0 Å². The molecule has 11 heteroatoms. The number of hydrogen-bond acceptors (Lipinski definition) is 9. The first-order chi connectivity index (χ1) is 19.5. The van der Waals surface area contributed by atoms with E-state index in [0.29, 0.717) is 29.8 Å². The molecule has 2 N–H and O–H groups in total. The summed E-state index contributed by atoms with van der Waals surface area (Å²) >= 11 is 7.45. The third-order valence-corrected chi connectivity index (χ3v) is 7.74. The van der Waals surface area contributed by atoms with Crippen LogP contribution in [0.4, 0.5) is 5.95 Å². The number of piperidine rings is 1. The van der Waals surface area contributed by atoms with Crippen molar-refractivity contribution in [3.8, 4) is 34.1 Å². The molecule has 3 aromatic heterocycles. The van der Waals surface area contributed by atoms with Crippen LogP contribution < -0.4 is 10.1 Å². The summed E-state index contributed by atoms with van der Waals surface area (Å²) in [5.41, 5.74) is 3.12. The van der Waals surface area contributed by atoms with E-state index in [4.69, 9.17) is 26.3 Å². The lowest BCUT2D eigenvalue weighted by atomic mass is 10.1. The fourth-order valence-corrected chi connectivity index (χ4v) is 5.77. The quantitative estimate of drug-likeness (QED) is 0.241. The van der Waals surface area contributed by atoms with E-state index in [1.165, 1.54) is 11.3 Å². The Morgan fingerprint density at radius 3 is 2.90 bits per heavy atom. The van der Waals surface area contributed by atoms with Gasteiger partial charge < -0.3 is 15.2 Å². The number of fused-ring (bicyclic) bond motifs is 1. The number of hydrogen-bond donors (Lipinski definition) is 2. The lowest BCUT2D eigenvalue weighted by molar-refractivity contribution is -0.122. The molecule has 0 saturated carbocycles. The maximum atomic E-state index is 12.6. The summed E-state index contributed by atoms with van der Waals surface area (Å²) in [5.74, 6) is 1.35. The summed E-state index contributed by atoms with van der Waals surface area (Å²) in [5, 5.41) is 16.1. The molecule has 0 bridgehead atoms. The number of nitrogens with zero attached hydrogens (tertiary/aromatic N) is 5. The Bertz CT molecular complexity index is 1640. The van der Waals surface area contributed by atoms with E-state index in [2.05, 4.69) is 15.2 Å². The van der Waals surface area contributed by atoms with E-state index in [1.54, 1.807) is 48.7 Å². The number of carbonyl (C=O) groups excluding carboxylic acids is 1. The lowest BCUT2D eigenvalue weighted by Gasteiger charge is -2.32. The number of halogens is 1. The van der Waals surface area contributed by atoms with E-state index in [1.807, 2.05) is 28.1 Å². The summed E-state index contributed by atoms with van der Waals surface area (Å²) < 4.78 is 7.63. The number of rotatable bonds is 9. The van der Waals surface area contributed by atoms with E-state index in [-0.39, 0.29) is 24.2 Å². The molecule has 204 valence electrons. The zero-order valence-corrected chi connectivity index (χ0v) is 23.1. The zero-order valence-electron chi connectivity index (χ0n) is 21.5. The number of carbonyl (C=O) groups is 1. The van der Waals surface area contributed by atoms with Gasteiger partial charge in [0, 0.05) is 40.9 Å². The molecule has 1 atom stereocenters. The van der Waals surface area contributed by atoms with E-state index >= 15 is 0 Å². The zero-order chi connectivity index (χ0) is 27.5. The monoisotopic (exact) mass is 574 g/mol. The van der Waals surface area contributed by atoms with Gasteiger partial charge in [-0.3, -0.25) is 14.1 Å². The van der Waals surface area contributed by atoms with Crippen molar-refractivity contribution in [2.24, 2.45) is 0 Å². The first-order valence-electron chi connectivity index (χ1n) is 13.0. The average molecular weight is 575 g/mol. The summed E-state index contributed by atoms with van der Waals surface area (Å²) in [7, 11) is 0. The minimum atomic E-state index is 0.0192. The topological polar surface area (TPSA) is 105 Å². The van der Waals surface area contributed by atoms with E-state index < -0.39 is 0 Å². The predicted molar refractivity (Wildman–Crippen MR) is 156 cm³/mol. The molecule has 4 heterocycles. The summed E-state index contributed by atoms with van der Waals surface area (Å²) in [6.45, 7) is 1.90. The Hall–Kier alpha value is -3.99. The molecule has 1 aliphatic rings. The molecular formula is C29H27ClN6O3S. The smallest absolute Gasteiger partial charge is 0.223 e. The SMILES string of the molecule is O=C(COc1ccc(Cl)cc1)CN1CCC[C@@H](Nc2nccc(-c3c(-c4cccc(O)c4)nc4sccn34)n2)C1. The van der Waals surface area contributed by atoms with Crippen LogP contribution in [0.3, 0.4) is 0 Å². The third-order valence-electron chi connectivity index (χ3n) is 6.73. The highest BCUT2D eigenvalue weighted by Gasteiger charge is 2.23. The van der Waals surface area contributed by atoms with Gasteiger partial charge in [0.2, 0.25) is 5.95 Å². The molecular weight excluding hydrogens is 548 g/mol. The second-order valence-corrected chi connectivity index (χ2v) is 11.0. The highest BCUT2D eigenvalue weighted by atomic mass is 35.5. The summed E-state index contributed by atoms with van der Waals surface area (Å²) in [6, 6.07) is 16.0. The first kappa shape index (κ1) is 26.2. The first-order valence-corrected chi connectivity index (χ1v) is 14.2. The number of Topliss-reactive ketones (excluding diaryl/α,β-unsaturated/α-hetero) is 1. The number of likely N-dealkylation sites (tertiary alicyclic amines) is 1.